The summed E-state index contributed by atoms with van der Waals surface area (Å²) in [5, 5.41) is 17.6. The third kappa shape index (κ3) is 4.22. The molecule has 1 N–H and O–H groups in total. The van der Waals surface area contributed by atoms with E-state index in [0.717, 1.165) is 5.69 Å². The summed E-state index contributed by atoms with van der Waals surface area (Å²) >= 11 is 0. The van der Waals surface area contributed by atoms with Gasteiger partial charge in [-0.25, -0.2) is 0 Å². The molecule has 8 heteroatoms. The fourth-order valence-electron chi connectivity index (χ4n) is 2.89. The monoisotopic (exact) mass is 345 g/mol. The number of rotatable bonds is 6. The Hall–Kier alpha value is -2.29. The molecule has 0 radical (unpaired) electrons. The van der Waals surface area contributed by atoms with Gasteiger partial charge in [0.1, 0.15) is 0 Å². The molecule has 3 rings (SSSR count). The van der Waals surface area contributed by atoms with Crippen LogP contribution in [0.2, 0.25) is 0 Å². The maximum Gasteiger partial charge on any atom is 0.276 e. The van der Waals surface area contributed by atoms with Gasteiger partial charge >= 0.3 is 0 Å². The molecule has 0 spiro atoms. The van der Waals surface area contributed by atoms with E-state index in [0.29, 0.717) is 38.5 Å². The van der Waals surface area contributed by atoms with Crippen LogP contribution < -0.4 is 0 Å². The number of morpholine rings is 1. The maximum absolute atomic E-state index is 12.9. The first-order chi connectivity index (χ1) is 12.2. The number of benzene rings is 1. The van der Waals surface area contributed by atoms with Gasteiger partial charge in [0, 0.05) is 19.6 Å². The average molecular weight is 345 g/mol. The Kier molecular flexibility index (Phi) is 5.75. The van der Waals surface area contributed by atoms with Crippen molar-refractivity contribution in [2.24, 2.45) is 0 Å². The Morgan fingerprint density at radius 2 is 2.20 bits per heavy atom. The van der Waals surface area contributed by atoms with E-state index in [9.17, 15) is 4.79 Å². The van der Waals surface area contributed by atoms with E-state index in [1.807, 2.05) is 42.3 Å². The highest BCUT2D eigenvalue weighted by Crippen LogP contribution is 2.13. The first kappa shape index (κ1) is 17.5. The highest BCUT2D eigenvalue weighted by Gasteiger charge is 2.30. The lowest BCUT2D eigenvalue weighted by Crippen LogP contribution is -2.53. The van der Waals surface area contributed by atoms with E-state index in [2.05, 4.69) is 10.2 Å². The Balaban J connectivity index is 1.73. The number of likely N-dealkylation sites (N-methyl/N-ethyl adjacent to an activating group) is 1. The lowest BCUT2D eigenvalue weighted by Gasteiger charge is -2.37. The molecule has 1 fully saturated rings. The van der Waals surface area contributed by atoms with Crippen LogP contribution in [0.25, 0.3) is 5.69 Å². The molecular weight excluding hydrogens is 322 g/mol. The van der Waals surface area contributed by atoms with Crippen molar-refractivity contribution in [3.8, 4) is 5.69 Å². The fourth-order valence-corrected chi connectivity index (χ4v) is 2.89. The van der Waals surface area contributed by atoms with Gasteiger partial charge in [0.25, 0.3) is 5.91 Å². The quantitative estimate of drug-likeness (QED) is 0.795. The van der Waals surface area contributed by atoms with Crippen molar-refractivity contribution in [2.75, 3.05) is 46.5 Å². The van der Waals surface area contributed by atoms with Crippen LogP contribution in [0.15, 0.2) is 36.5 Å². The number of hydrogen-bond acceptors (Lipinski definition) is 6. The number of aliphatic hydroxyl groups excluding tert-OH is 1. The number of para-hydroxylation sites is 1. The van der Waals surface area contributed by atoms with Gasteiger partial charge in [-0.1, -0.05) is 18.2 Å². The molecule has 0 unspecified atom stereocenters. The van der Waals surface area contributed by atoms with E-state index < -0.39 is 0 Å². The van der Waals surface area contributed by atoms with Gasteiger partial charge in [-0.2, -0.15) is 9.90 Å². The first-order valence-electron chi connectivity index (χ1n) is 8.35. The molecule has 8 nitrogen and oxygen atoms in total. The van der Waals surface area contributed by atoms with Gasteiger partial charge in [-0.05, 0) is 19.2 Å². The summed E-state index contributed by atoms with van der Waals surface area (Å²) in [7, 11) is 1.92. The highest BCUT2D eigenvalue weighted by atomic mass is 16.5. The van der Waals surface area contributed by atoms with Crippen molar-refractivity contribution in [3.05, 3.63) is 42.2 Å². The molecule has 1 aliphatic rings. The molecule has 0 aliphatic carbocycles. The van der Waals surface area contributed by atoms with E-state index in [1.54, 1.807) is 4.90 Å². The number of aliphatic hydroxyl groups is 1. The van der Waals surface area contributed by atoms with Crippen LogP contribution in [0.1, 0.15) is 10.5 Å². The Morgan fingerprint density at radius 3 is 2.96 bits per heavy atom. The molecule has 2 heterocycles. The summed E-state index contributed by atoms with van der Waals surface area (Å²) < 4.78 is 5.53. The van der Waals surface area contributed by atoms with Crippen LogP contribution in [-0.2, 0) is 4.74 Å². The minimum atomic E-state index is -0.145. The molecule has 2 aromatic rings. The second-order valence-electron chi connectivity index (χ2n) is 6.07. The van der Waals surface area contributed by atoms with Gasteiger partial charge in [0.15, 0.2) is 5.69 Å². The van der Waals surface area contributed by atoms with Crippen LogP contribution >= 0.6 is 0 Å². The van der Waals surface area contributed by atoms with Crippen molar-refractivity contribution in [3.63, 3.8) is 0 Å². The van der Waals surface area contributed by atoms with E-state index in [4.69, 9.17) is 9.84 Å². The second kappa shape index (κ2) is 8.19. The molecule has 1 aliphatic heterocycles. The molecule has 0 saturated carbocycles. The maximum atomic E-state index is 12.9. The minimum absolute atomic E-state index is 0.0697. The van der Waals surface area contributed by atoms with Crippen LogP contribution in [0.3, 0.4) is 0 Å². The summed E-state index contributed by atoms with van der Waals surface area (Å²) in [6.07, 6.45) is 1.50. The summed E-state index contributed by atoms with van der Waals surface area (Å²) in [4.78, 5) is 18.1. The zero-order valence-corrected chi connectivity index (χ0v) is 14.3. The summed E-state index contributed by atoms with van der Waals surface area (Å²) in [5.74, 6) is -0.145. The molecular formula is C17H23N5O3. The molecule has 1 amide bonds. The van der Waals surface area contributed by atoms with Crippen molar-refractivity contribution in [1.82, 2.24) is 24.8 Å². The summed E-state index contributed by atoms with van der Waals surface area (Å²) in [6.45, 7) is 2.80. The van der Waals surface area contributed by atoms with Gasteiger partial charge < -0.3 is 19.6 Å². The molecule has 1 atom stereocenters. The highest BCUT2D eigenvalue weighted by molar-refractivity contribution is 5.92. The van der Waals surface area contributed by atoms with E-state index >= 15 is 0 Å². The lowest BCUT2D eigenvalue weighted by molar-refractivity contribution is -0.0112. The topological polar surface area (TPSA) is 83.7 Å². The Bertz CT molecular complexity index is 691. The third-order valence-corrected chi connectivity index (χ3v) is 4.19. The van der Waals surface area contributed by atoms with Gasteiger partial charge in [-0.3, -0.25) is 4.79 Å². The van der Waals surface area contributed by atoms with Gasteiger partial charge in [0.2, 0.25) is 0 Å². The SMILES string of the molecule is CN(CCO)C[C@@H]1COCCN1C(=O)c1cnn(-c2ccccc2)n1. The van der Waals surface area contributed by atoms with Crippen LogP contribution in [-0.4, -0.2) is 88.4 Å². The number of aromatic nitrogens is 3. The normalized spacial score (nSPS) is 17.9. The Labute approximate surface area is 146 Å². The second-order valence-corrected chi connectivity index (χ2v) is 6.07. The first-order valence-corrected chi connectivity index (χ1v) is 8.35. The van der Waals surface area contributed by atoms with Crippen LogP contribution in [0.5, 0.6) is 0 Å². The molecule has 1 aromatic heterocycles. The molecule has 134 valence electrons. The van der Waals surface area contributed by atoms with Crippen molar-refractivity contribution in [2.45, 2.75) is 6.04 Å². The fraction of sp³-hybridized carbons (Fsp3) is 0.471. The largest absolute Gasteiger partial charge is 0.395 e. The third-order valence-electron chi connectivity index (χ3n) is 4.19. The zero-order valence-electron chi connectivity index (χ0n) is 14.3. The molecule has 25 heavy (non-hydrogen) atoms. The lowest BCUT2D eigenvalue weighted by atomic mass is 10.2. The van der Waals surface area contributed by atoms with Crippen molar-refractivity contribution in [1.29, 1.82) is 0 Å². The Morgan fingerprint density at radius 1 is 1.40 bits per heavy atom. The predicted octanol–water partition coefficient (Wildman–Crippen LogP) is 0.0324. The van der Waals surface area contributed by atoms with Crippen molar-refractivity contribution >= 4 is 5.91 Å². The van der Waals surface area contributed by atoms with Crippen molar-refractivity contribution < 1.29 is 14.6 Å². The van der Waals surface area contributed by atoms with E-state index in [1.165, 1.54) is 11.0 Å². The number of carbonyl (C=O) groups is 1. The average Bonchev–Trinajstić information content (AvgIpc) is 3.13. The smallest absolute Gasteiger partial charge is 0.276 e. The number of amides is 1. The van der Waals surface area contributed by atoms with Gasteiger partial charge in [0.05, 0.1) is 37.7 Å². The van der Waals surface area contributed by atoms with Crippen LogP contribution in [0, 0.1) is 0 Å². The predicted molar refractivity (Wildman–Crippen MR) is 91.6 cm³/mol. The molecule has 0 bridgehead atoms. The van der Waals surface area contributed by atoms with Crippen LogP contribution in [0.4, 0.5) is 0 Å². The number of ether oxygens (including phenoxy) is 1. The van der Waals surface area contributed by atoms with E-state index in [-0.39, 0.29) is 18.6 Å². The molecule has 1 saturated heterocycles. The summed E-state index contributed by atoms with van der Waals surface area (Å²) in [6, 6.07) is 9.41. The number of carbonyl (C=O) groups excluding carboxylic acids is 1. The minimum Gasteiger partial charge on any atom is -0.395 e. The number of hydrogen-bond donors (Lipinski definition) is 1. The standard InChI is InChI=1S/C17H23N5O3/c1-20(7-9-23)12-15-13-25-10-8-21(15)17(24)16-11-18-22(19-16)14-5-3-2-4-6-14/h2-6,11,15,23H,7-10,12-13H2,1H3/t15-/m1/s1. The molecule has 1 aromatic carbocycles. The summed E-state index contributed by atoms with van der Waals surface area (Å²) in [5.41, 5.74) is 1.13. The zero-order chi connectivity index (χ0) is 17.6. The van der Waals surface area contributed by atoms with Gasteiger partial charge in [-0.15, -0.1) is 5.10 Å². The number of nitrogens with zero attached hydrogens (tertiary/aromatic N) is 5.